The molecule has 2 N–H and O–H groups in total. The van der Waals surface area contributed by atoms with Gasteiger partial charge in [0.2, 0.25) is 0 Å². The Bertz CT molecular complexity index is 425. The summed E-state index contributed by atoms with van der Waals surface area (Å²) in [6.45, 7) is 10.3. The molecule has 1 aliphatic rings. The van der Waals surface area contributed by atoms with Crippen LogP contribution in [0.1, 0.15) is 45.2 Å². The summed E-state index contributed by atoms with van der Waals surface area (Å²) in [7, 11) is 0. The number of nitrogens with zero attached hydrogens (tertiary/aromatic N) is 1. The summed E-state index contributed by atoms with van der Waals surface area (Å²) in [6, 6.07) is 8.62. The first kappa shape index (κ1) is 16.3. The Hall–Kier alpha value is -1.06. The molecule has 0 saturated carbocycles. The predicted octanol–water partition coefficient (Wildman–Crippen LogP) is 3.45. The largest absolute Gasteiger partial charge is 0.494 e. The molecule has 0 aliphatic carbocycles. The van der Waals surface area contributed by atoms with Gasteiger partial charge in [-0.3, -0.25) is 4.90 Å². The standard InChI is InChI=1S/C18H30N2O/c1-4-21-18-8-6-5-7-16(18)17(13-19)20-11-9-15(10-12-20)14(2)3/h5-8,14-15,17H,4,9-13,19H2,1-3H3. The van der Waals surface area contributed by atoms with Crippen LogP contribution < -0.4 is 10.5 Å². The van der Waals surface area contributed by atoms with E-state index >= 15 is 0 Å². The van der Waals surface area contributed by atoms with E-state index in [1.165, 1.54) is 18.4 Å². The molecule has 2 rings (SSSR count). The van der Waals surface area contributed by atoms with Gasteiger partial charge >= 0.3 is 0 Å². The van der Waals surface area contributed by atoms with Gasteiger partial charge in [0.05, 0.1) is 12.6 Å². The van der Waals surface area contributed by atoms with Crippen LogP contribution in [-0.4, -0.2) is 31.1 Å². The quantitative estimate of drug-likeness (QED) is 0.872. The van der Waals surface area contributed by atoms with Crippen LogP contribution in [-0.2, 0) is 0 Å². The van der Waals surface area contributed by atoms with Gasteiger partial charge in [-0.15, -0.1) is 0 Å². The molecule has 1 heterocycles. The lowest BCUT2D eigenvalue weighted by Crippen LogP contribution is -2.40. The highest BCUT2D eigenvalue weighted by Gasteiger charge is 2.28. The number of nitrogens with two attached hydrogens (primary N) is 1. The number of piperidine rings is 1. The molecule has 1 aromatic carbocycles. The SMILES string of the molecule is CCOc1ccccc1C(CN)N1CCC(C(C)C)CC1. The monoisotopic (exact) mass is 290 g/mol. The molecule has 0 radical (unpaired) electrons. The Morgan fingerprint density at radius 3 is 2.48 bits per heavy atom. The summed E-state index contributed by atoms with van der Waals surface area (Å²) in [6.07, 6.45) is 2.57. The molecule has 118 valence electrons. The zero-order chi connectivity index (χ0) is 15.2. The first-order valence-electron chi connectivity index (χ1n) is 8.33. The third-order valence-corrected chi connectivity index (χ3v) is 4.76. The molecule has 1 unspecified atom stereocenters. The third kappa shape index (κ3) is 3.98. The number of ether oxygens (including phenoxy) is 1. The van der Waals surface area contributed by atoms with Crippen molar-refractivity contribution in [2.45, 2.75) is 39.7 Å². The van der Waals surface area contributed by atoms with E-state index in [9.17, 15) is 0 Å². The Balaban J connectivity index is 2.10. The summed E-state index contributed by atoms with van der Waals surface area (Å²) in [5, 5.41) is 0. The van der Waals surface area contributed by atoms with Crippen LogP contribution in [0.3, 0.4) is 0 Å². The second-order valence-electron chi connectivity index (χ2n) is 6.34. The molecule has 21 heavy (non-hydrogen) atoms. The molecule has 1 saturated heterocycles. The average molecular weight is 290 g/mol. The van der Waals surface area contributed by atoms with Crippen molar-refractivity contribution in [2.75, 3.05) is 26.2 Å². The summed E-state index contributed by atoms with van der Waals surface area (Å²) in [5.74, 6) is 2.64. The van der Waals surface area contributed by atoms with Crippen LogP contribution in [0.5, 0.6) is 5.75 Å². The van der Waals surface area contributed by atoms with Crippen LogP contribution in [0.2, 0.25) is 0 Å². The third-order valence-electron chi connectivity index (χ3n) is 4.76. The van der Waals surface area contributed by atoms with Crippen LogP contribution >= 0.6 is 0 Å². The highest BCUT2D eigenvalue weighted by molar-refractivity contribution is 5.36. The van der Waals surface area contributed by atoms with E-state index in [-0.39, 0.29) is 6.04 Å². The van der Waals surface area contributed by atoms with Gasteiger partial charge in [-0.05, 0) is 50.8 Å². The molecule has 3 nitrogen and oxygen atoms in total. The summed E-state index contributed by atoms with van der Waals surface area (Å²) >= 11 is 0. The minimum Gasteiger partial charge on any atom is -0.494 e. The van der Waals surface area contributed by atoms with Crippen molar-refractivity contribution in [3.8, 4) is 5.75 Å². The van der Waals surface area contributed by atoms with Crippen molar-refractivity contribution in [1.29, 1.82) is 0 Å². The fourth-order valence-electron chi connectivity index (χ4n) is 3.41. The number of hydrogen-bond acceptors (Lipinski definition) is 3. The Morgan fingerprint density at radius 2 is 1.90 bits per heavy atom. The van der Waals surface area contributed by atoms with Gasteiger partial charge in [0.1, 0.15) is 5.75 Å². The normalized spacial score (nSPS) is 18.9. The lowest BCUT2D eigenvalue weighted by molar-refractivity contribution is 0.115. The smallest absolute Gasteiger partial charge is 0.124 e. The van der Waals surface area contributed by atoms with Gasteiger partial charge in [0.15, 0.2) is 0 Å². The Morgan fingerprint density at radius 1 is 1.24 bits per heavy atom. The van der Waals surface area contributed by atoms with Gasteiger partial charge in [0, 0.05) is 12.1 Å². The van der Waals surface area contributed by atoms with Crippen molar-refractivity contribution in [1.82, 2.24) is 4.90 Å². The average Bonchev–Trinajstić information content (AvgIpc) is 2.50. The highest BCUT2D eigenvalue weighted by atomic mass is 16.5. The van der Waals surface area contributed by atoms with Gasteiger partial charge < -0.3 is 10.5 Å². The van der Waals surface area contributed by atoms with E-state index in [4.69, 9.17) is 10.5 Å². The maximum Gasteiger partial charge on any atom is 0.124 e. The lowest BCUT2D eigenvalue weighted by Gasteiger charge is -2.39. The van der Waals surface area contributed by atoms with Crippen LogP contribution in [0.15, 0.2) is 24.3 Å². The van der Waals surface area contributed by atoms with Crippen molar-refractivity contribution in [3.63, 3.8) is 0 Å². The van der Waals surface area contributed by atoms with E-state index in [0.717, 1.165) is 30.7 Å². The maximum atomic E-state index is 6.10. The fraction of sp³-hybridized carbons (Fsp3) is 0.667. The van der Waals surface area contributed by atoms with E-state index in [1.807, 2.05) is 13.0 Å². The molecule has 0 amide bonds. The van der Waals surface area contributed by atoms with Crippen molar-refractivity contribution in [3.05, 3.63) is 29.8 Å². The number of hydrogen-bond donors (Lipinski definition) is 1. The minimum absolute atomic E-state index is 0.279. The summed E-state index contributed by atoms with van der Waals surface area (Å²) in [5.41, 5.74) is 7.34. The van der Waals surface area contributed by atoms with Crippen molar-refractivity contribution < 1.29 is 4.74 Å². The van der Waals surface area contributed by atoms with Gasteiger partial charge in [-0.2, -0.15) is 0 Å². The number of likely N-dealkylation sites (tertiary alicyclic amines) is 1. The van der Waals surface area contributed by atoms with Crippen LogP contribution in [0, 0.1) is 11.8 Å². The fourth-order valence-corrected chi connectivity index (χ4v) is 3.41. The molecule has 3 heteroatoms. The molecular formula is C18H30N2O. The van der Waals surface area contributed by atoms with Crippen molar-refractivity contribution in [2.24, 2.45) is 17.6 Å². The molecule has 1 aromatic rings. The van der Waals surface area contributed by atoms with Crippen LogP contribution in [0.25, 0.3) is 0 Å². The van der Waals surface area contributed by atoms with E-state index in [0.29, 0.717) is 13.2 Å². The van der Waals surface area contributed by atoms with E-state index < -0.39 is 0 Å². The van der Waals surface area contributed by atoms with Gasteiger partial charge in [0.25, 0.3) is 0 Å². The van der Waals surface area contributed by atoms with E-state index in [2.05, 4.69) is 36.9 Å². The Labute approximate surface area is 129 Å². The number of para-hydroxylation sites is 1. The summed E-state index contributed by atoms with van der Waals surface area (Å²) in [4.78, 5) is 2.54. The second kappa shape index (κ2) is 7.81. The topological polar surface area (TPSA) is 38.5 Å². The molecule has 0 aromatic heterocycles. The summed E-state index contributed by atoms with van der Waals surface area (Å²) < 4.78 is 5.79. The molecule has 0 bridgehead atoms. The van der Waals surface area contributed by atoms with E-state index in [1.54, 1.807) is 0 Å². The first-order valence-corrected chi connectivity index (χ1v) is 8.33. The lowest BCUT2D eigenvalue weighted by atomic mass is 9.86. The predicted molar refractivity (Wildman–Crippen MR) is 88.5 cm³/mol. The zero-order valence-corrected chi connectivity index (χ0v) is 13.7. The number of benzene rings is 1. The second-order valence-corrected chi connectivity index (χ2v) is 6.34. The minimum atomic E-state index is 0.279. The van der Waals surface area contributed by atoms with Crippen molar-refractivity contribution >= 4 is 0 Å². The van der Waals surface area contributed by atoms with Gasteiger partial charge in [-0.1, -0.05) is 32.0 Å². The van der Waals surface area contributed by atoms with Crippen LogP contribution in [0.4, 0.5) is 0 Å². The molecule has 1 aliphatic heterocycles. The first-order chi connectivity index (χ1) is 10.2. The van der Waals surface area contributed by atoms with Gasteiger partial charge in [-0.25, -0.2) is 0 Å². The Kier molecular flexibility index (Phi) is 6.07. The molecule has 1 atom stereocenters. The molecule has 0 spiro atoms. The molecule has 1 fully saturated rings. The molecular weight excluding hydrogens is 260 g/mol. The highest BCUT2D eigenvalue weighted by Crippen LogP contribution is 2.33. The maximum absolute atomic E-state index is 6.10. The zero-order valence-electron chi connectivity index (χ0n) is 13.7. The number of rotatable bonds is 6.